The summed E-state index contributed by atoms with van der Waals surface area (Å²) >= 11 is 3.11. The second kappa shape index (κ2) is 14.8. The Bertz CT molecular complexity index is 190. The Morgan fingerprint density at radius 3 is 1.83 bits per heavy atom. The van der Waals surface area contributed by atoms with Crippen LogP contribution >= 0.6 is 12.6 Å². The van der Waals surface area contributed by atoms with E-state index in [0.717, 1.165) is 5.92 Å². The third-order valence-corrected chi connectivity index (χ3v) is 2.45. The van der Waals surface area contributed by atoms with Gasteiger partial charge in [-0.05, 0) is 31.1 Å². The second-order valence-corrected chi connectivity index (χ2v) is 6.47. The highest BCUT2D eigenvalue weighted by Gasteiger charge is 2.03. The highest BCUT2D eigenvalue weighted by atomic mass is 32.1. The van der Waals surface area contributed by atoms with Crippen LogP contribution in [0.25, 0.3) is 0 Å². The molecule has 0 fully saturated rings. The van der Waals surface area contributed by atoms with Crippen molar-refractivity contribution in [2.24, 2.45) is 11.3 Å². The van der Waals surface area contributed by atoms with Crippen LogP contribution in [0.5, 0.6) is 0 Å². The normalized spacial score (nSPS) is 9.83. The van der Waals surface area contributed by atoms with Crippen molar-refractivity contribution in [1.82, 2.24) is 0 Å². The molecule has 0 radical (unpaired) electrons. The summed E-state index contributed by atoms with van der Waals surface area (Å²) < 4.78 is 0. The van der Waals surface area contributed by atoms with Crippen LogP contribution in [0.4, 0.5) is 0 Å². The van der Waals surface area contributed by atoms with Gasteiger partial charge in [0.05, 0.1) is 0 Å². The van der Waals surface area contributed by atoms with E-state index in [4.69, 9.17) is 4.79 Å². The SMILES string of the molecule is C=C(C)CCCC(C)C.CCC(C)(C)C.O=CS. The van der Waals surface area contributed by atoms with Gasteiger partial charge in [0.1, 0.15) is 0 Å². The predicted octanol–water partition coefficient (Wildman–Crippen LogP) is 5.94. The molecule has 0 aromatic carbocycles. The first-order valence-electron chi connectivity index (χ1n) is 6.82. The standard InChI is InChI=1S/C9H18.C6H14.CH2OS/c1-8(2)6-5-7-9(3)4;1-5-6(2,3)4;2-1-3/h9H,1,5-7H2,2-4H3;5H2,1-4H3;1H,(H,2,3). The predicted molar refractivity (Wildman–Crippen MR) is 89.0 cm³/mol. The minimum atomic E-state index is 0.444. The molecule has 0 aromatic rings. The zero-order chi connectivity index (χ0) is 15.2. The van der Waals surface area contributed by atoms with E-state index in [0.29, 0.717) is 11.0 Å². The highest BCUT2D eigenvalue weighted by Crippen LogP contribution is 2.16. The fourth-order valence-electron chi connectivity index (χ4n) is 0.812. The van der Waals surface area contributed by atoms with Gasteiger partial charge in [-0.1, -0.05) is 60.0 Å². The quantitative estimate of drug-likeness (QED) is 0.381. The van der Waals surface area contributed by atoms with Crippen LogP contribution in [0.1, 0.15) is 74.1 Å². The maximum atomic E-state index is 8.67. The Balaban J connectivity index is -0.000000216. The molecule has 110 valence electrons. The number of hydrogen-bond acceptors (Lipinski definition) is 1. The van der Waals surface area contributed by atoms with E-state index in [1.54, 1.807) is 0 Å². The van der Waals surface area contributed by atoms with Crippen molar-refractivity contribution < 1.29 is 4.79 Å². The molecule has 0 aliphatic rings. The van der Waals surface area contributed by atoms with Gasteiger partial charge in [0.25, 0.3) is 0 Å². The number of carbonyl (C=O) groups excluding carboxylic acids is 1. The van der Waals surface area contributed by atoms with Crippen LogP contribution in [-0.4, -0.2) is 5.62 Å². The van der Waals surface area contributed by atoms with Crippen LogP contribution in [0.15, 0.2) is 12.2 Å². The first kappa shape index (κ1) is 22.9. The number of thiol groups is 1. The topological polar surface area (TPSA) is 17.1 Å². The minimum Gasteiger partial charge on any atom is -0.291 e. The fourth-order valence-corrected chi connectivity index (χ4v) is 0.812. The van der Waals surface area contributed by atoms with Gasteiger partial charge in [0, 0.05) is 0 Å². The molecule has 0 aliphatic heterocycles. The lowest BCUT2D eigenvalue weighted by Gasteiger charge is -2.12. The van der Waals surface area contributed by atoms with Crippen LogP contribution in [0.2, 0.25) is 0 Å². The molecule has 0 saturated carbocycles. The third kappa shape index (κ3) is 44.7. The number of carbonyl (C=O) groups is 1. The molecule has 0 amide bonds. The van der Waals surface area contributed by atoms with Gasteiger partial charge in [-0.25, -0.2) is 0 Å². The van der Waals surface area contributed by atoms with Crippen molar-refractivity contribution in [3.05, 3.63) is 12.2 Å². The summed E-state index contributed by atoms with van der Waals surface area (Å²) in [6, 6.07) is 0. The van der Waals surface area contributed by atoms with E-state index in [2.05, 4.69) is 67.7 Å². The first-order chi connectivity index (χ1) is 8.10. The maximum Gasteiger partial charge on any atom is 0.173 e. The van der Waals surface area contributed by atoms with Crippen LogP contribution in [0.3, 0.4) is 0 Å². The van der Waals surface area contributed by atoms with Crippen LogP contribution in [-0.2, 0) is 4.79 Å². The number of hydrogen-bond donors (Lipinski definition) is 1. The van der Waals surface area contributed by atoms with Crippen LogP contribution in [0, 0.1) is 11.3 Å². The molecule has 0 aliphatic carbocycles. The number of rotatable bonds is 4. The van der Waals surface area contributed by atoms with Gasteiger partial charge in [-0.3, -0.25) is 4.79 Å². The molecule has 0 spiro atoms. The molecule has 18 heavy (non-hydrogen) atoms. The van der Waals surface area contributed by atoms with Crippen molar-refractivity contribution in [3.8, 4) is 0 Å². The average molecular weight is 275 g/mol. The molecule has 0 unspecified atom stereocenters. The van der Waals surface area contributed by atoms with Crippen molar-refractivity contribution in [1.29, 1.82) is 0 Å². The highest BCUT2D eigenvalue weighted by molar-refractivity contribution is 7.94. The van der Waals surface area contributed by atoms with Crippen molar-refractivity contribution in [2.45, 2.75) is 74.1 Å². The van der Waals surface area contributed by atoms with E-state index in [1.807, 2.05) is 0 Å². The van der Waals surface area contributed by atoms with E-state index in [9.17, 15) is 0 Å². The molecule has 0 saturated heterocycles. The van der Waals surface area contributed by atoms with Crippen molar-refractivity contribution in [3.63, 3.8) is 0 Å². The lowest BCUT2D eigenvalue weighted by atomic mass is 9.94. The molecule has 0 rings (SSSR count). The van der Waals surface area contributed by atoms with Gasteiger partial charge < -0.3 is 0 Å². The largest absolute Gasteiger partial charge is 0.291 e. The summed E-state index contributed by atoms with van der Waals surface area (Å²) in [5, 5.41) is 0. The van der Waals surface area contributed by atoms with E-state index in [-0.39, 0.29) is 0 Å². The Kier molecular flexibility index (Phi) is 18.9. The summed E-state index contributed by atoms with van der Waals surface area (Å²) in [5.41, 5.74) is 2.30. The first-order valence-corrected chi connectivity index (χ1v) is 7.34. The summed E-state index contributed by atoms with van der Waals surface area (Å²) in [7, 11) is 0. The Morgan fingerprint density at radius 1 is 1.33 bits per heavy atom. The van der Waals surface area contributed by atoms with E-state index in [1.165, 1.54) is 31.3 Å². The van der Waals surface area contributed by atoms with Gasteiger partial charge >= 0.3 is 0 Å². The molecule has 1 nitrogen and oxygen atoms in total. The van der Waals surface area contributed by atoms with Crippen LogP contribution < -0.4 is 0 Å². The van der Waals surface area contributed by atoms with Gasteiger partial charge in [0.2, 0.25) is 0 Å². The van der Waals surface area contributed by atoms with Crippen molar-refractivity contribution in [2.75, 3.05) is 0 Å². The van der Waals surface area contributed by atoms with Gasteiger partial charge in [0.15, 0.2) is 5.62 Å². The number of allylic oxidation sites excluding steroid dienone is 1. The zero-order valence-corrected chi connectivity index (χ0v) is 14.4. The second-order valence-electron chi connectivity index (χ2n) is 6.26. The molecule has 0 heterocycles. The Hall–Kier alpha value is -0.240. The lowest BCUT2D eigenvalue weighted by molar-refractivity contribution is 0.398. The Labute approximate surface area is 121 Å². The zero-order valence-electron chi connectivity index (χ0n) is 13.5. The van der Waals surface area contributed by atoms with Crippen molar-refractivity contribution >= 4 is 18.2 Å². The maximum absolute atomic E-state index is 8.67. The van der Waals surface area contributed by atoms with Gasteiger partial charge in [-0.15, -0.1) is 19.2 Å². The Morgan fingerprint density at radius 2 is 1.67 bits per heavy atom. The molecule has 0 aromatic heterocycles. The average Bonchev–Trinajstić information content (AvgIpc) is 2.17. The molecule has 2 heteroatoms. The van der Waals surface area contributed by atoms with E-state index < -0.39 is 0 Å². The van der Waals surface area contributed by atoms with E-state index >= 15 is 0 Å². The smallest absolute Gasteiger partial charge is 0.173 e. The molecule has 0 atom stereocenters. The minimum absolute atomic E-state index is 0.444. The molecular weight excluding hydrogens is 240 g/mol. The summed E-state index contributed by atoms with van der Waals surface area (Å²) in [4.78, 5) is 8.67. The molecular formula is C16H34OS. The fraction of sp³-hybridized carbons (Fsp3) is 0.812. The third-order valence-electron chi connectivity index (χ3n) is 2.45. The lowest BCUT2D eigenvalue weighted by Crippen LogP contribution is -2.00. The summed E-state index contributed by atoms with van der Waals surface area (Å²) in [6.07, 6.45) is 5.13. The monoisotopic (exact) mass is 274 g/mol. The summed E-state index contributed by atoms with van der Waals surface area (Å²) in [6.45, 7) is 19.4. The summed E-state index contributed by atoms with van der Waals surface area (Å²) in [5.74, 6) is 0.851. The molecule has 0 N–H and O–H groups in total. The van der Waals surface area contributed by atoms with Gasteiger partial charge in [-0.2, -0.15) is 0 Å². The molecule has 0 bridgehead atoms.